The summed E-state index contributed by atoms with van der Waals surface area (Å²) in [6.45, 7) is 2.91. The van der Waals surface area contributed by atoms with Crippen LogP contribution in [0, 0.1) is 12.7 Å². The standard InChI is InChI=1S/C14H19F4NO/c1-3-6-19-13(8-20-9-14(16,17)18)12-7-11(15)5-4-10(12)2/h4-5,7,13,19H,3,6,8-9H2,1-2H3. The summed E-state index contributed by atoms with van der Waals surface area (Å²) in [6, 6.07) is 3.81. The molecule has 1 aromatic carbocycles. The number of halogens is 4. The molecule has 0 aromatic heterocycles. The second-order valence-corrected chi connectivity index (χ2v) is 4.64. The Bertz CT molecular complexity index is 420. The van der Waals surface area contributed by atoms with E-state index in [9.17, 15) is 17.6 Å². The maximum Gasteiger partial charge on any atom is 0.411 e. The van der Waals surface area contributed by atoms with Crippen molar-refractivity contribution in [1.82, 2.24) is 5.32 Å². The van der Waals surface area contributed by atoms with E-state index in [1.807, 2.05) is 6.92 Å². The Kier molecular flexibility index (Phi) is 6.42. The molecule has 0 bridgehead atoms. The number of rotatable bonds is 7. The SMILES string of the molecule is CCCNC(COCC(F)(F)F)c1cc(F)ccc1C. The van der Waals surface area contributed by atoms with E-state index in [1.54, 1.807) is 13.0 Å². The van der Waals surface area contributed by atoms with Gasteiger partial charge in [0.15, 0.2) is 0 Å². The lowest BCUT2D eigenvalue weighted by Crippen LogP contribution is -2.29. The largest absolute Gasteiger partial charge is 0.411 e. The molecule has 0 aliphatic rings. The molecule has 0 amide bonds. The second-order valence-electron chi connectivity index (χ2n) is 4.64. The number of hydrogen-bond donors (Lipinski definition) is 1. The van der Waals surface area contributed by atoms with Gasteiger partial charge in [0.1, 0.15) is 12.4 Å². The molecular weight excluding hydrogens is 274 g/mol. The number of ether oxygens (including phenoxy) is 1. The molecule has 0 spiro atoms. The number of hydrogen-bond acceptors (Lipinski definition) is 2. The van der Waals surface area contributed by atoms with Crippen LogP contribution in [0.15, 0.2) is 18.2 Å². The van der Waals surface area contributed by atoms with E-state index in [0.29, 0.717) is 12.1 Å². The van der Waals surface area contributed by atoms with Crippen LogP contribution in [0.25, 0.3) is 0 Å². The van der Waals surface area contributed by atoms with Gasteiger partial charge in [0, 0.05) is 0 Å². The van der Waals surface area contributed by atoms with E-state index in [4.69, 9.17) is 4.74 Å². The van der Waals surface area contributed by atoms with Crippen molar-refractivity contribution in [2.75, 3.05) is 19.8 Å². The van der Waals surface area contributed by atoms with Crippen LogP contribution < -0.4 is 5.32 Å². The van der Waals surface area contributed by atoms with Crippen LogP contribution in [0.4, 0.5) is 17.6 Å². The minimum atomic E-state index is -4.35. The molecule has 1 aromatic rings. The van der Waals surface area contributed by atoms with Crippen LogP contribution in [0.1, 0.15) is 30.5 Å². The van der Waals surface area contributed by atoms with Gasteiger partial charge in [0.2, 0.25) is 0 Å². The minimum absolute atomic E-state index is 0.149. The summed E-state index contributed by atoms with van der Waals surface area (Å²) in [4.78, 5) is 0. The zero-order valence-electron chi connectivity index (χ0n) is 11.6. The second kappa shape index (κ2) is 7.59. The van der Waals surface area contributed by atoms with Crippen molar-refractivity contribution in [1.29, 1.82) is 0 Å². The molecule has 0 fully saturated rings. The number of alkyl halides is 3. The van der Waals surface area contributed by atoms with E-state index in [-0.39, 0.29) is 6.61 Å². The summed E-state index contributed by atoms with van der Waals surface area (Å²) < 4.78 is 54.3. The molecular formula is C14H19F4NO. The Labute approximate surface area is 116 Å². The Hall–Kier alpha value is -1.14. The van der Waals surface area contributed by atoms with Gasteiger partial charge in [-0.15, -0.1) is 0 Å². The van der Waals surface area contributed by atoms with Gasteiger partial charge in [0.05, 0.1) is 12.6 Å². The molecule has 0 aliphatic heterocycles. The lowest BCUT2D eigenvalue weighted by atomic mass is 10.0. The minimum Gasteiger partial charge on any atom is -0.370 e. The third-order valence-corrected chi connectivity index (χ3v) is 2.81. The average molecular weight is 293 g/mol. The Morgan fingerprint density at radius 1 is 1.30 bits per heavy atom. The van der Waals surface area contributed by atoms with E-state index in [2.05, 4.69) is 5.32 Å². The zero-order valence-corrected chi connectivity index (χ0v) is 11.6. The molecule has 0 saturated heterocycles. The average Bonchev–Trinajstić information content (AvgIpc) is 2.35. The molecule has 1 N–H and O–H groups in total. The van der Waals surface area contributed by atoms with Crippen molar-refractivity contribution in [2.45, 2.75) is 32.5 Å². The molecule has 1 rings (SSSR count). The van der Waals surface area contributed by atoms with Crippen LogP contribution in [-0.2, 0) is 4.74 Å². The Morgan fingerprint density at radius 3 is 2.60 bits per heavy atom. The van der Waals surface area contributed by atoms with Crippen LogP contribution in [0.5, 0.6) is 0 Å². The highest BCUT2D eigenvalue weighted by atomic mass is 19.4. The third kappa shape index (κ3) is 5.88. The first-order valence-electron chi connectivity index (χ1n) is 6.47. The fraction of sp³-hybridized carbons (Fsp3) is 0.571. The summed E-state index contributed by atoms with van der Waals surface area (Å²) in [5, 5.41) is 3.08. The molecule has 0 saturated carbocycles. The van der Waals surface area contributed by atoms with Crippen LogP contribution in [-0.4, -0.2) is 25.9 Å². The highest BCUT2D eigenvalue weighted by molar-refractivity contribution is 5.29. The monoisotopic (exact) mass is 293 g/mol. The molecule has 1 unspecified atom stereocenters. The van der Waals surface area contributed by atoms with Crippen molar-refractivity contribution >= 4 is 0 Å². The van der Waals surface area contributed by atoms with Gasteiger partial charge in [-0.25, -0.2) is 4.39 Å². The quantitative estimate of drug-likeness (QED) is 0.773. The van der Waals surface area contributed by atoms with Gasteiger partial charge in [-0.3, -0.25) is 0 Å². The van der Waals surface area contributed by atoms with Gasteiger partial charge in [-0.05, 0) is 43.1 Å². The highest BCUT2D eigenvalue weighted by Crippen LogP contribution is 2.21. The molecule has 0 radical (unpaired) electrons. The molecule has 2 nitrogen and oxygen atoms in total. The Balaban J connectivity index is 2.75. The third-order valence-electron chi connectivity index (χ3n) is 2.81. The molecule has 0 heterocycles. The maximum absolute atomic E-state index is 13.3. The molecule has 6 heteroatoms. The number of benzene rings is 1. The number of aryl methyl sites for hydroxylation is 1. The maximum atomic E-state index is 13.3. The van der Waals surface area contributed by atoms with Crippen molar-refractivity contribution in [3.05, 3.63) is 35.1 Å². The fourth-order valence-electron chi connectivity index (χ4n) is 1.86. The smallest absolute Gasteiger partial charge is 0.370 e. The predicted octanol–water partition coefficient (Wildman–Crippen LogP) is 3.75. The van der Waals surface area contributed by atoms with Crippen molar-refractivity contribution in [3.8, 4) is 0 Å². The predicted molar refractivity (Wildman–Crippen MR) is 69.0 cm³/mol. The van der Waals surface area contributed by atoms with Crippen LogP contribution >= 0.6 is 0 Å². The highest BCUT2D eigenvalue weighted by Gasteiger charge is 2.28. The first kappa shape index (κ1) is 16.9. The van der Waals surface area contributed by atoms with E-state index in [1.165, 1.54) is 12.1 Å². The van der Waals surface area contributed by atoms with Crippen LogP contribution in [0.2, 0.25) is 0 Å². The van der Waals surface area contributed by atoms with E-state index >= 15 is 0 Å². The van der Waals surface area contributed by atoms with E-state index in [0.717, 1.165) is 12.0 Å². The fourth-order valence-corrected chi connectivity index (χ4v) is 1.86. The molecule has 20 heavy (non-hydrogen) atoms. The first-order valence-corrected chi connectivity index (χ1v) is 6.47. The lowest BCUT2D eigenvalue weighted by molar-refractivity contribution is -0.175. The van der Waals surface area contributed by atoms with Gasteiger partial charge in [-0.1, -0.05) is 13.0 Å². The van der Waals surface area contributed by atoms with Crippen molar-refractivity contribution < 1.29 is 22.3 Å². The summed E-state index contributed by atoms with van der Waals surface area (Å²) in [7, 11) is 0. The molecule has 114 valence electrons. The lowest BCUT2D eigenvalue weighted by Gasteiger charge is -2.21. The molecule has 1 atom stereocenters. The van der Waals surface area contributed by atoms with Crippen molar-refractivity contribution in [2.24, 2.45) is 0 Å². The topological polar surface area (TPSA) is 21.3 Å². The molecule has 0 aliphatic carbocycles. The van der Waals surface area contributed by atoms with Gasteiger partial charge in [-0.2, -0.15) is 13.2 Å². The van der Waals surface area contributed by atoms with Gasteiger partial charge in [0.25, 0.3) is 0 Å². The normalized spacial score (nSPS) is 13.5. The summed E-state index contributed by atoms with van der Waals surface area (Å²) in [5.74, 6) is -0.412. The Morgan fingerprint density at radius 2 is 2.00 bits per heavy atom. The van der Waals surface area contributed by atoms with Gasteiger partial charge >= 0.3 is 6.18 Å². The summed E-state index contributed by atoms with van der Waals surface area (Å²) in [6.07, 6.45) is -3.53. The summed E-state index contributed by atoms with van der Waals surface area (Å²) >= 11 is 0. The van der Waals surface area contributed by atoms with E-state index < -0.39 is 24.6 Å². The van der Waals surface area contributed by atoms with Gasteiger partial charge < -0.3 is 10.1 Å². The number of nitrogens with one attached hydrogen (secondary N) is 1. The summed E-state index contributed by atoms with van der Waals surface area (Å²) in [5.41, 5.74) is 1.44. The zero-order chi connectivity index (χ0) is 15.2. The first-order chi connectivity index (χ1) is 9.33. The van der Waals surface area contributed by atoms with Crippen molar-refractivity contribution in [3.63, 3.8) is 0 Å². The van der Waals surface area contributed by atoms with Crippen LogP contribution in [0.3, 0.4) is 0 Å².